The Balaban J connectivity index is 1.53. The molecule has 2 amide bonds. The van der Waals surface area contributed by atoms with E-state index in [1.165, 1.54) is 0 Å². The maximum atomic E-state index is 14.1. The molecule has 1 N–H and O–H groups in total. The van der Waals surface area contributed by atoms with Crippen molar-refractivity contribution in [1.82, 2.24) is 19.9 Å². The smallest absolute Gasteiger partial charge is 0.251 e. The summed E-state index contributed by atoms with van der Waals surface area (Å²) in [7, 11) is 3.16. The lowest BCUT2D eigenvalue weighted by molar-refractivity contribution is -0.140. The van der Waals surface area contributed by atoms with Gasteiger partial charge < -0.3 is 19.7 Å². The fourth-order valence-electron chi connectivity index (χ4n) is 4.50. The second-order valence-electron chi connectivity index (χ2n) is 9.14. The molecule has 9 heteroatoms. The highest BCUT2D eigenvalue weighted by Gasteiger charge is 2.32. The number of anilines is 1. The predicted octanol–water partition coefficient (Wildman–Crippen LogP) is 4.86. The largest absolute Gasteiger partial charge is 0.497 e. The Morgan fingerprint density at radius 3 is 2.12 bits per heavy atom. The van der Waals surface area contributed by atoms with E-state index in [0.29, 0.717) is 28.3 Å². The van der Waals surface area contributed by atoms with E-state index in [1.54, 1.807) is 72.3 Å². The number of ether oxygens (including phenoxy) is 2. The number of carbonyl (C=O) groups is 2. The molecule has 0 unspecified atom stereocenters. The number of amides is 2. The monoisotopic (exact) mass is 535 g/mol. The van der Waals surface area contributed by atoms with Crippen LogP contribution in [0.4, 0.5) is 5.69 Å². The van der Waals surface area contributed by atoms with E-state index < -0.39 is 6.04 Å². The molecule has 202 valence electrons. The van der Waals surface area contributed by atoms with Crippen LogP contribution in [-0.2, 0) is 22.7 Å². The SMILES string of the molecule is COc1ccc(NC(=O)[C@@H](c2ccc(OC)cc2)N(Cc2ccccc2)C(=O)Cn2nnc3ccccc32)cc1. The van der Waals surface area contributed by atoms with Crippen molar-refractivity contribution in [2.45, 2.75) is 19.1 Å². The van der Waals surface area contributed by atoms with E-state index in [-0.39, 0.29) is 24.9 Å². The van der Waals surface area contributed by atoms with Gasteiger partial charge in [-0.1, -0.05) is 59.8 Å². The molecule has 0 aliphatic heterocycles. The zero-order valence-corrected chi connectivity index (χ0v) is 22.2. The molecule has 4 aromatic carbocycles. The van der Waals surface area contributed by atoms with Gasteiger partial charge in [-0.05, 0) is 59.7 Å². The van der Waals surface area contributed by atoms with E-state index in [0.717, 1.165) is 11.1 Å². The van der Waals surface area contributed by atoms with Crippen molar-refractivity contribution in [2.75, 3.05) is 19.5 Å². The van der Waals surface area contributed by atoms with E-state index in [9.17, 15) is 9.59 Å². The van der Waals surface area contributed by atoms with E-state index in [4.69, 9.17) is 9.47 Å². The number of carbonyl (C=O) groups excluding carboxylic acids is 2. The van der Waals surface area contributed by atoms with Gasteiger partial charge in [-0.15, -0.1) is 5.10 Å². The van der Waals surface area contributed by atoms with Crippen LogP contribution in [0.5, 0.6) is 11.5 Å². The van der Waals surface area contributed by atoms with Crippen molar-refractivity contribution in [3.05, 3.63) is 114 Å². The molecule has 9 nitrogen and oxygen atoms in total. The van der Waals surface area contributed by atoms with Gasteiger partial charge in [0.25, 0.3) is 5.91 Å². The molecule has 0 saturated carbocycles. The fourth-order valence-corrected chi connectivity index (χ4v) is 4.50. The molecule has 0 aliphatic rings. The molecular formula is C31H29N5O4. The average molecular weight is 536 g/mol. The molecule has 5 aromatic rings. The zero-order valence-electron chi connectivity index (χ0n) is 22.2. The second-order valence-corrected chi connectivity index (χ2v) is 9.14. The molecule has 0 spiro atoms. The van der Waals surface area contributed by atoms with Crippen LogP contribution in [0.2, 0.25) is 0 Å². The van der Waals surface area contributed by atoms with Gasteiger partial charge in [-0.25, -0.2) is 4.68 Å². The number of nitrogens with zero attached hydrogens (tertiary/aromatic N) is 4. The summed E-state index contributed by atoms with van der Waals surface area (Å²) in [4.78, 5) is 29.6. The summed E-state index contributed by atoms with van der Waals surface area (Å²) in [6.07, 6.45) is 0. The maximum Gasteiger partial charge on any atom is 0.251 e. The molecule has 0 aliphatic carbocycles. The summed E-state index contributed by atoms with van der Waals surface area (Å²) < 4.78 is 12.1. The Kier molecular flexibility index (Phi) is 8.01. The van der Waals surface area contributed by atoms with E-state index in [1.807, 2.05) is 54.6 Å². The highest BCUT2D eigenvalue weighted by molar-refractivity contribution is 5.98. The number of hydrogen-bond donors (Lipinski definition) is 1. The summed E-state index contributed by atoms with van der Waals surface area (Å²) in [6, 6.07) is 30.3. The first-order valence-corrected chi connectivity index (χ1v) is 12.8. The lowest BCUT2D eigenvalue weighted by Crippen LogP contribution is -2.42. The average Bonchev–Trinajstić information content (AvgIpc) is 3.40. The minimum atomic E-state index is -0.949. The van der Waals surface area contributed by atoms with Crippen LogP contribution in [0, 0.1) is 0 Å². The molecule has 1 aromatic heterocycles. The van der Waals surface area contributed by atoms with Gasteiger partial charge in [0.05, 0.1) is 19.7 Å². The number of para-hydroxylation sites is 1. The number of aromatic nitrogens is 3. The van der Waals surface area contributed by atoms with Crippen LogP contribution in [-0.4, -0.2) is 45.9 Å². The Labute approximate surface area is 231 Å². The minimum Gasteiger partial charge on any atom is -0.497 e. The Morgan fingerprint density at radius 2 is 1.45 bits per heavy atom. The summed E-state index contributed by atoms with van der Waals surface area (Å²) in [5.74, 6) is 0.673. The van der Waals surface area contributed by atoms with Crippen LogP contribution in [0.1, 0.15) is 17.2 Å². The molecule has 0 radical (unpaired) electrons. The predicted molar refractivity (Wildman–Crippen MR) is 152 cm³/mol. The van der Waals surface area contributed by atoms with Crippen LogP contribution in [0.15, 0.2) is 103 Å². The molecule has 0 saturated heterocycles. The van der Waals surface area contributed by atoms with Crippen LogP contribution < -0.4 is 14.8 Å². The van der Waals surface area contributed by atoms with Crippen molar-refractivity contribution in [3.8, 4) is 11.5 Å². The minimum absolute atomic E-state index is 0.0875. The molecule has 1 heterocycles. The van der Waals surface area contributed by atoms with Crippen molar-refractivity contribution < 1.29 is 19.1 Å². The highest BCUT2D eigenvalue weighted by atomic mass is 16.5. The number of rotatable bonds is 10. The summed E-state index contributed by atoms with van der Waals surface area (Å²) in [6.45, 7) is 0.120. The van der Waals surface area contributed by atoms with Gasteiger partial charge in [-0.2, -0.15) is 0 Å². The number of benzene rings is 4. The molecule has 0 fully saturated rings. The quantitative estimate of drug-likeness (QED) is 0.274. The topological polar surface area (TPSA) is 98.6 Å². The highest BCUT2D eigenvalue weighted by Crippen LogP contribution is 2.28. The number of fused-ring (bicyclic) bond motifs is 1. The third kappa shape index (κ3) is 5.94. The van der Waals surface area contributed by atoms with Gasteiger partial charge in [0, 0.05) is 12.2 Å². The standard InChI is InChI=1S/C31H29N5O4/c1-39-25-16-12-23(13-17-25)30(31(38)32-24-14-18-26(40-2)19-15-24)35(20-22-8-4-3-5-9-22)29(37)21-36-28-11-7-6-10-27(28)33-34-36/h3-19,30H,20-21H2,1-2H3,(H,32,38)/t30-/m1/s1. The van der Waals surface area contributed by atoms with Crippen molar-refractivity contribution >= 4 is 28.5 Å². The molecule has 40 heavy (non-hydrogen) atoms. The lowest BCUT2D eigenvalue weighted by atomic mass is 10.0. The van der Waals surface area contributed by atoms with Gasteiger partial charge in [0.1, 0.15) is 29.6 Å². The summed E-state index contributed by atoms with van der Waals surface area (Å²) in [5.41, 5.74) is 3.53. The zero-order chi connectivity index (χ0) is 27.9. The molecule has 5 rings (SSSR count). The lowest BCUT2D eigenvalue weighted by Gasteiger charge is -2.31. The normalized spacial score (nSPS) is 11.6. The van der Waals surface area contributed by atoms with Crippen LogP contribution in [0.3, 0.4) is 0 Å². The molecule has 0 bridgehead atoms. The number of hydrogen-bond acceptors (Lipinski definition) is 6. The van der Waals surface area contributed by atoms with Gasteiger partial charge in [0.2, 0.25) is 5.91 Å². The van der Waals surface area contributed by atoms with Crippen molar-refractivity contribution in [1.29, 1.82) is 0 Å². The van der Waals surface area contributed by atoms with Gasteiger partial charge in [0.15, 0.2) is 0 Å². The molecule has 1 atom stereocenters. The number of nitrogens with one attached hydrogen (secondary N) is 1. The Morgan fingerprint density at radius 1 is 0.825 bits per heavy atom. The Bertz CT molecular complexity index is 1580. The first kappa shape index (κ1) is 26.4. The third-order valence-electron chi connectivity index (χ3n) is 6.57. The third-order valence-corrected chi connectivity index (χ3v) is 6.57. The first-order chi connectivity index (χ1) is 19.6. The number of methoxy groups -OCH3 is 2. The first-order valence-electron chi connectivity index (χ1n) is 12.8. The maximum absolute atomic E-state index is 14.1. The second kappa shape index (κ2) is 12.1. The Hall–Kier alpha value is -5.18. The van der Waals surface area contributed by atoms with Crippen LogP contribution in [0.25, 0.3) is 11.0 Å². The van der Waals surface area contributed by atoms with Crippen molar-refractivity contribution in [2.24, 2.45) is 0 Å². The fraction of sp³-hybridized carbons (Fsp3) is 0.161. The van der Waals surface area contributed by atoms with Gasteiger partial charge >= 0.3 is 0 Å². The van der Waals surface area contributed by atoms with E-state index >= 15 is 0 Å². The summed E-state index contributed by atoms with van der Waals surface area (Å²) in [5, 5.41) is 11.4. The van der Waals surface area contributed by atoms with Crippen molar-refractivity contribution in [3.63, 3.8) is 0 Å². The van der Waals surface area contributed by atoms with E-state index in [2.05, 4.69) is 15.6 Å². The van der Waals surface area contributed by atoms with Gasteiger partial charge in [-0.3, -0.25) is 9.59 Å². The summed E-state index contributed by atoms with van der Waals surface area (Å²) >= 11 is 0. The molecular weight excluding hydrogens is 506 g/mol. The van der Waals surface area contributed by atoms with Crippen LogP contribution >= 0.6 is 0 Å².